The molecule has 3 heteroatoms. The van der Waals surface area contributed by atoms with E-state index in [4.69, 9.17) is 9.47 Å². The van der Waals surface area contributed by atoms with Crippen LogP contribution in [0, 0.1) is 9.85 Å². The number of rotatable bonds is 2. The summed E-state index contributed by atoms with van der Waals surface area (Å²) in [4.78, 5) is 0. The smallest absolute Gasteiger partial charge is 0.134 e. The van der Waals surface area contributed by atoms with E-state index in [0.717, 1.165) is 17.1 Å². The molecule has 0 saturated heterocycles. The van der Waals surface area contributed by atoms with Gasteiger partial charge < -0.3 is 9.47 Å². The number of ether oxygens (including phenoxy) is 2. The van der Waals surface area contributed by atoms with Crippen molar-refractivity contribution in [1.82, 2.24) is 0 Å². The molecule has 0 heterocycles. The van der Waals surface area contributed by atoms with Crippen molar-refractivity contribution in [3.8, 4) is 21.3 Å². The first-order chi connectivity index (χ1) is 6.31. The molecule has 0 fully saturated rings. The van der Waals surface area contributed by atoms with E-state index >= 15 is 0 Å². The number of methoxy groups -OCH3 is 2. The van der Waals surface area contributed by atoms with Gasteiger partial charge >= 0.3 is 0 Å². The SMILES string of the molecule is COc1ccc(OC)c(C#CI)c1. The summed E-state index contributed by atoms with van der Waals surface area (Å²) >= 11 is 1.99. The highest BCUT2D eigenvalue weighted by molar-refractivity contribution is 14.1. The molecule has 2 nitrogen and oxygen atoms in total. The second kappa shape index (κ2) is 4.97. The minimum absolute atomic E-state index is 0.768. The molecule has 0 unspecified atom stereocenters. The van der Waals surface area contributed by atoms with Gasteiger partial charge in [0.15, 0.2) is 0 Å². The Hall–Kier alpha value is -0.890. The van der Waals surface area contributed by atoms with E-state index < -0.39 is 0 Å². The van der Waals surface area contributed by atoms with Gasteiger partial charge in [0, 0.05) is 22.6 Å². The van der Waals surface area contributed by atoms with E-state index in [1.807, 2.05) is 40.8 Å². The van der Waals surface area contributed by atoms with Crippen molar-refractivity contribution in [2.75, 3.05) is 14.2 Å². The summed E-state index contributed by atoms with van der Waals surface area (Å²) in [5.74, 6) is 4.49. The van der Waals surface area contributed by atoms with Crippen molar-refractivity contribution in [2.24, 2.45) is 0 Å². The summed E-state index contributed by atoms with van der Waals surface area (Å²) in [7, 11) is 3.25. The summed E-state index contributed by atoms with van der Waals surface area (Å²) in [5, 5.41) is 0. The first-order valence-electron chi connectivity index (χ1n) is 3.65. The molecule has 1 rings (SSSR count). The van der Waals surface area contributed by atoms with Crippen LogP contribution in [0.25, 0.3) is 0 Å². The summed E-state index contributed by atoms with van der Waals surface area (Å²) in [6.07, 6.45) is 0. The standard InChI is InChI=1S/C10H9IO2/c1-12-9-3-4-10(13-2)8(7-9)5-6-11/h3-4,7H,1-2H3. The molecular formula is C10H9IO2. The van der Waals surface area contributed by atoms with Crippen molar-refractivity contribution >= 4 is 22.6 Å². The molecule has 0 saturated carbocycles. The van der Waals surface area contributed by atoms with Gasteiger partial charge in [0.1, 0.15) is 11.5 Å². The lowest BCUT2D eigenvalue weighted by molar-refractivity contribution is 0.402. The van der Waals surface area contributed by atoms with E-state index in [2.05, 4.69) is 9.85 Å². The minimum atomic E-state index is 0.768. The fraction of sp³-hybridized carbons (Fsp3) is 0.200. The fourth-order valence-corrected chi connectivity index (χ4v) is 1.25. The van der Waals surface area contributed by atoms with Crippen LogP contribution < -0.4 is 9.47 Å². The van der Waals surface area contributed by atoms with Crippen molar-refractivity contribution in [1.29, 1.82) is 0 Å². The van der Waals surface area contributed by atoms with Crippen molar-refractivity contribution in [3.63, 3.8) is 0 Å². The van der Waals surface area contributed by atoms with Crippen LogP contribution in [0.2, 0.25) is 0 Å². The van der Waals surface area contributed by atoms with Gasteiger partial charge in [-0.05, 0) is 22.1 Å². The monoisotopic (exact) mass is 288 g/mol. The Morgan fingerprint density at radius 2 is 2.00 bits per heavy atom. The second-order valence-electron chi connectivity index (χ2n) is 2.29. The Kier molecular flexibility index (Phi) is 3.90. The molecule has 1 aromatic carbocycles. The lowest BCUT2D eigenvalue weighted by Gasteiger charge is -2.05. The largest absolute Gasteiger partial charge is 0.497 e. The highest BCUT2D eigenvalue weighted by atomic mass is 127. The molecule has 0 amide bonds. The molecule has 13 heavy (non-hydrogen) atoms. The first-order valence-corrected chi connectivity index (χ1v) is 4.73. The van der Waals surface area contributed by atoms with Crippen LogP contribution in [0.3, 0.4) is 0 Å². The number of hydrogen-bond donors (Lipinski definition) is 0. The van der Waals surface area contributed by atoms with Crippen LogP contribution >= 0.6 is 22.6 Å². The molecule has 0 N–H and O–H groups in total. The third-order valence-corrected chi connectivity index (χ3v) is 1.86. The van der Waals surface area contributed by atoms with Crippen LogP contribution in [0.1, 0.15) is 5.56 Å². The summed E-state index contributed by atoms with van der Waals surface area (Å²) in [6, 6.07) is 5.54. The lowest BCUT2D eigenvalue weighted by atomic mass is 10.2. The highest BCUT2D eigenvalue weighted by Crippen LogP contribution is 2.22. The molecule has 0 aliphatic rings. The molecular weight excluding hydrogens is 279 g/mol. The van der Waals surface area contributed by atoms with E-state index in [-0.39, 0.29) is 0 Å². The molecule has 0 aliphatic heterocycles. The van der Waals surface area contributed by atoms with Crippen molar-refractivity contribution in [2.45, 2.75) is 0 Å². The van der Waals surface area contributed by atoms with Gasteiger partial charge in [-0.2, -0.15) is 0 Å². The molecule has 0 bridgehead atoms. The van der Waals surface area contributed by atoms with Gasteiger partial charge in [-0.1, -0.05) is 5.92 Å². The molecule has 0 aliphatic carbocycles. The minimum Gasteiger partial charge on any atom is -0.497 e. The Morgan fingerprint density at radius 3 is 2.54 bits per heavy atom. The zero-order chi connectivity index (χ0) is 9.68. The van der Waals surface area contributed by atoms with Gasteiger partial charge in [-0.15, -0.1) is 0 Å². The first kappa shape index (κ1) is 10.2. The normalized spacial score (nSPS) is 8.54. The van der Waals surface area contributed by atoms with Gasteiger partial charge in [-0.25, -0.2) is 0 Å². The second-order valence-corrected chi connectivity index (χ2v) is 2.83. The van der Waals surface area contributed by atoms with Crippen LogP contribution in [-0.4, -0.2) is 14.2 Å². The van der Waals surface area contributed by atoms with E-state index in [0.29, 0.717) is 0 Å². The van der Waals surface area contributed by atoms with Crippen LogP contribution in [-0.2, 0) is 0 Å². The maximum absolute atomic E-state index is 5.14. The molecule has 0 spiro atoms. The lowest BCUT2D eigenvalue weighted by Crippen LogP contribution is -1.89. The molecule has 0 atom stereocenters. The van der Waals surface area contributed by atoms with Gasteiger partial charge in [-0.3, -0.25) is 0 Å². The van der Waals surface area contributed by atoms with Crippen molar-refractivity contribution < 1.29 is 9.47 Å². The zero-order valence-corrected chi connectivity index (χ0v) is 9.58. The fourth-order valence-electron chi connectivity index (χ4n) is 0.963. The average molecular weight is 288 g/mol. The zero-order valence-electron chi connectivity index (χ0n) is 7.43. The molecule has 0 radical (unpaired) electrons. The van der Waals surface area contributed by atoms with Crippen molar-refractivity contribution in [3.05, 3.63) is 23.8 Å². The molecule has 0 aromatic heterocycles. The number of halogens is 1. The molecule has 1 aromatic rings. The predicted molar refractivity (Wildman–Crippen MR) is 60.4 cm³/mol. The Labute approximate surface area is 91.4 Å². The van der Waals surface area contributed by atoms with Crippen LogP contribution in [0.5, 0.6) is 11.5 Å². The van der Waals surface area contributed by atoms with Gasteiger partial charge in [0.25, 0.3) is 0 Å². The quantitative estimate of drug-likeness (QED) is 0.615. The molecule has 68 valence electrons. The highest BCUT2D eigenvalue weighted by Gasteiger charge is 2.01. The van der Waals surface area contributed by atoms with E-state index in [1.54, 1.807) is 14.2 Å². The van der Waals surface area contributed by atoms with Crippen LogP contribution in [0.4, 0.5) is 0 Å². The Morgan fingerprint density at radius 1 is 1.23 bits per heavy atom. The number of hydrogen-bond acceptors (Lipinski definition) is 2. The average Bonchev–Trinajstić information content (AvgIpc) is 2.18. The van der Waals surface area contributed by atoms with Gasteiger partial charge in [0.2, 0.25) is 0 Å². The summed E-state index contributed by atoms with van der Waals surface area (Å²) in [5.41, 5.74) is 0.844. The van der Waals surface area contributed by atoms with E-state index in [9.17, 15) is 0 Å². The maximum Gasteiger partial charge on any atom is 0.134 e. The maximum atomic E-state index is 5.14. The van der Waals surface area contributed by atoms with Crippen LogP contribution in [0.15, 0.2) is 18.2 Å². The van der Waals surface area contributed by atoms with E-state index in [1.165, 1.54) is 0 Å². The third kappa shape index (κ3) is 2.52. The third-order valence-electron chi connectivity index (χ3n) is 1.59. The van der Waals surface area contributed by atoms with Gasteiger partial charge in [0.05, 0.1) is 19.8 Å². The topological polar surface area (TPSA) is 18.5 Å². The number of benzene rings is 1. The summed E-state index contributed by atoms with van der Waals surface area (Å²) in [6.45, 7) is 0. The predicted octanol–water partition coefficient (Wildman–Crippen LogP) is 2.45. The summed E-state index contributed by atoms with van der Waals surface area (Å²) < 4.78 is 13.0. The Balaban J connectivity index is 3.15. The Bertz CT molecular complexity index is 350.